The highest BCUT2D eigenvalue weighted by molar-refractivity contribution is 6.02. The highest BCUT2D eigenvalue weighted by Crippen LogP contribution is 2.28. The summed E-state index contributed by atoms with van der Waals surface area (Å²) in [7, 11) is 0. The Balaban J connectivity index is 1.20. The summed E-state index contributed by atoms with van der Waals surface area (Å²) in [4.78, 5) is 22.4. The molecule has 1 amide bonds. The third-order valence-electron chi connectivity index (χ3n) is 8.89. The quantitative estimate of drug-likeness (QED) is 0.391. The van der Waals surface area contributed by atoms with Gasteiger partial charge in [-0.15, -0.1) is 0 Å². The van der Waals surface area contributed by atoms with Crippen molar-refractivity contribution < 1.29 is 13.6 Å². The van der Waals surface area contributed by atoms with Crippen LogP contribution in [0, 0.1) is 29.4 Å². The summed E-state index contributed by atoms with van der Waals surface area (Å²) in [6.45, 7) is 13.2. The molecular weight excluding hydrogens is 482 g/mol. The number of aliphatic imine (C=N–C) groups is 1. The summed E-state index contributed by atoms with van der Waals surface area (Å²) in [5, 5.41) is 3.19. The summed E-state index contributed by atoms with van der Waals surface area (Å²) in [6, 6.07) is 3.97. The SMILES string of the molecule is CC[C@@H]1C[C@H](CC)CN(CCCNC(=O)C2CCN(CC3=C(C)CCC(c4c(F)cccc4F)=N3)CC2)C1. The van der Waals surface area contributed by atoms with Gasteiger partial charge in [0, 0.05) is 32.1 Å². The van der Waals surface area contributed by atoms with E-state index in [2.05, 4.69) is 35.9 Å². The molecule has 3 heterocycles. The molecule has 2 fully saturated rings. The van der Waals surface area contributed by atoms with Crippen molar-refractivity contribution in [1.82, 2.24) is 15.1 Å². The van der Waals surface area contributed by atoms with E-state index in [-0.39, 0.29) is 17.4 Å². The number of rotatable bonds is 10. The minimum Gasteiger partial charge on any atom is -0.356 e. The molecule has 4 rings (SSSR count). The normalized spacial score (nSPS) is 24.0. The number of hydrogen-bond donors (Lipinski definition) is 1. The smallest absolute Gasteiger partial charge is 0.223 e. The molecule has 3 aliphatic heterocycles. The van der Waals surface area contributed by atoms with Gasteiger partial charge >= 0.3 is 0 Å². The van der Waals surface area contributed by atoms with Crippen LogP contribution in [0.3, 0.4) is 0 Å². The lowest BCUT2D eigenvalue weighted by Crippen LogP contribution is -2.43. The molecule has 0 bridgehead atoms. The molecule has 2 saturated heterocycles. The average molecular weight is 529 g/mol. The van der Waals surface area contributed by atoms with Gasteiger partial charge in [0.1, 0.15) is 11.6 Å². The van der Waals surface area contributed by atoms with Gasteiger partial charge in [0.25, 0.3) is 0 Å². The van der Waals surface area contributed by atoms with E-state index >= 15 is 0 Å². The van der Waals surface area contributed by atoms with E-state index in [1.165, 1.54) is 56.1 Å². The van der Waals surface area contributed by atoms with E-state index in [1.807, 2.05) is 0 Å². The average Bonchev–Trinajstić information content (AvgIpc) is 2.92. The highest BCUT2D eigenvalue weighted by atomic mass is 19.1. The van der Waals surface area contributed by atoms with Crippen LogP contribution in [-0.4, -0.2) is 67.2 Å². The number of hydrogen-bond acceptors (Lipinski definition) is 4. The first kappa shape index (κ1) is 28.9. The lowest BCUT2D eigenvalue weighted by atomic mass is 9.86. The molecule has 3 aliphatic rings. The number of allylic oxidation sites excluding steroid dienone is 1. The third kappa shape index (κ3) is 7.50. The molecule has 0 radical (unpaired) electrons. The van der Waals surface area contributed by atoms with Gasteiger partial charge in [-0.25, -0.2) is 8.78 Å². The number of halogens is 2. The fourth-order valence-electron chi connectivity index (χ4n) is 6.31. The van der Waals surface area contributed by atoms with Gasteiger partial charge in [-0.3, -0.25) is 14.7 Å². The summed E-state index contributed by atoms with van der Waals surface area (Å²) in [6.07, 6.45) is 7.87. The van der Waals surface area contributed by atoms with Crippen molar-refractivity contribution in [1.29, 1.82) is 0 Å². The molecule has 2 atom stereocenters. The Morgan fingerprint density at radius 1 is 1.03 bits per heavy atom. The zero-order valence-electron chi connectivity index (χ0n) is 23.6. The Hall–Kier alpha value is -2.12. The monoisotopic (exact) mass is 528 g/mol. The Labute approximate surface area is 227 Å². The minimum atomic E-state index is -0.555. The van der Waals surface area contributed by atoms with Crippen LogP contribution in [0.4, 0.5) is 8.78 Å². The Bertz CT molecular complexity index is 983. The van der Waals surface area contributed by atoms with Crippen LogP contribution in [-0.2, 0) is 4.79 Å². The summed E-state index contributed by atoms with van der Waals surface area (Å²) in [5.74, 6) is 0.772. The maximum Gasteiger partial charge on any atom is 0.223 e. The lowest BCUT2D eigenvalue weighted by Gasteiger charge is -2.37. The van der Waals surface area contributed by atoms with E-state index in [0.29, 0.717) is 18.7 Å². The molecular formula is C31H46F2N4O. The lowest BCUT2D eigenvalue weighted by molar-refractivity contribution is -0.126. The first-order valence-electron chi connectivity index (χ1n) is 14.8. The van der Waals surface area contributed by atoms with Crippen molar-refractivity contribution in [3.8, 4) is 0 Å². The fraction of sp³-hybridized carbons (Fsp3) is 0.677. The van der Waals surface area contributed by atoms with Gasteiger partial charge in [0.15, 0.2) is 0 Å². The maximum absolute atomic E-state index is 14.3. The molecule has 0 saturated carbocycles. The summed E-state index contributed by atoms with van der Waals surface area (Å²) < 4.78 is 28.6. The zero-order chi connectivity index (χ0) is 27.1. The molecule has 5 nitrogen and oxygen atoms in total. The predicted octanol–water partition coefficient (Wildman–Crippen LogP) is 5.80. The first-order chi connectivity index (χ1) is 18.4. The van der Waals surface area contributed by atoms with Gasteiger partial charge in [0.2, 0.25) is 5.91 Å². The van der Waals surface area contributed by atoms with Crippen molar-refractivity contribution in [3.05, 3.63) is 46.7 Å². The number of amides is 1. The van der Waals surface area contributed by atoms with Crippen molar-refractivity contribution in [2.75, 3.05) is 45.8 Å². The molecule has 1 aromatic carbocycles. The molecule has 7 heteroatoms. The van der Waals surface area contributed by atoms with Crippen molar-refractivity contribution in [3.63, 3.8) is 0 Å². The van der Waals surface area contributed by atoms with E-state index in [1.54, 1.807) is 0 Å². The topological polar surface area (TPSA) is 47.9 Å². The molecule has 210 valence electrons. The number of carbonyl (C=O) groups excluding carboxylic acids is 1. The van der Waals surface area contributed by atoms with Gasteiger partial charge < -0.3 is 10.2 Å². The third-order valence-corrected chi connectivity index (χ3v) is 8.89. The summed E-state index contributed by atoms with van der Waals surface area (Å²) in [5.41, 5.74) is 2.58. The van der Waals surface area contributed by atoms with Gasteiger partial charge in [0.05, 0.1) is 17.0 Å². The second-order valence-corrected chi connectivity index (χ2v) is 11.6. The number of piperidine rings is 2. The fourth-order valence-corrected chi connectivity index (χ4v) is 6.31. The van der Waals surface area contributed by atoms with E-state index < -0.39 is 11.6 Å². The number of nitrogens with one attached hydrogen (secondary N) is 1. The molecule has 1 N–H and O–H groups in total. The van der Waals surface area contributed by atoms with Gasteiger partial charge in [-0.1, -0.05) is 38.3 Å². The van der Waals surface area contributed by atoms with Gasteiger partial charge in [-0.2, -0.15) is 0 Å². The molecule has 0 aliphatic carbocycles. The van der Waals surface area contributed by atoms with E-state index in [0.717, 1.165) is 69.4 Å². The van der Waals surface area contributed by atoms with Crippen LogP contribution in [0.15, 0.2) is 34.5 Å². The first-order valence-corrected chi connectivity index (χ1v) is 14.8. The molecule has 0 aromatic heterocycles. The van der Waals surface area contributed by atoms with E-state index in [9.17, 15) is 13.6 Å². The van der Waals surface area contributed by atoms with Crippen LogP contribution in [0.1, 0.15) is 77.7 Å². The Morgan fingerprint density at radius 3 is 2.32 bits per heavy atom. The van der Waals surface area contributed by atoms with Crippen LogP contribution in [0.25, 0.3) is 0 Å². The van der Waals surface area contributed by atoms with Crippen molar-refractivity contribution >= 4 is 11.6 Å². The number of benzene rings is 1. The Kier molecular flexibility index (Phi) is 10.5. The Morgan fingerprint density at radius 2 is 1.68 bits per heavy atom. The highest BCUT2D eigenvalue weighted by Gasteiger charge is 2.28. The van der Waals surface area contributed by atoms with Crippen LogP contribution >= 0.6 is 0 Å². The second kappa shape index (κ2) is 13.8. The molecule has 0 spiro atoms. The summed E-state index contributed by atoms with van der Waals surface area (Å²) >= 11 is 0. The number of nitrogens with zero attached hydrogens (tertiary/aromatic N) is 3. The second-order valence-electron chi connectivity index (χ2n) is 11.6. The standard InChI is InChI=1S/C31H46F2N4O/c1-4-23-18-24(5-2)20-37(19-23)15-7-14-34-31(38)25-12-16-36(17-13-25)21-29-22(3)10-11-28(35-29)30-26(32)8-6-9-27(30)33/h6,8-9,23-25H,4-5,7,10-21H2,1-3H3,(H,34,38)/t23-,24+. The number of likely N-dealkylation sites (tertiary alicyclic amines) is 2. The maximum atomic E-state index is 14.3. The van der Waals surface area contributed by atoms with Crippen molar-refractivity contribution in [2.24, 2.45) is 22.7 Å². The van der Waals surface area contributed by atoms with Crippen LogP contribution in [0.2, 0.25) is 0 Å². The van der Waals surface area contributed by atoms with Crippen molar-refractivity contribution in [2.45, 2.75) is 72.1 Å². The number of carbonyl (C=O) groups is 1. The molecule has 0 unspecified atom stereocenters. The zero-order valence-corrected chi connectivity index (χ0v) is 23.6. The van der Waals surface area contributed by atoms with Crippen LogP contribution < -0.4 is 5.32 Å². The van der Waals surface area contributed by atoms with Crippen LogP contribution in [0.5, 0.6) is 0 Å². The van der Waals surface area contributed by atoms with Gasteiger partial charge in [-0.05, 0) is 89.1 Å². The predicted molar refractivity (Wildman–Crippen MR) is 150 cm³/mol. The molecule has 38 heavy (non-hydrogen) atoms. The van der Waals surface area contributed by atoms with E-state index in [4.69, 9.17) is 4.99 Å². The molecule has 1 aromatic rings. The largest absolute Gasteiger partial charge is 0.356 e. The minimum absolute atomic E-state index is 0.00327.